The van der Waals surface area contributed by atoms with Crippen LogP contribution in [0.15, 0.2) is 40.8 Å². The second kappa shape index (κ2) is 4.57. The summed E-state index contributed by atoms with van der Waals surface area (Å²) in [6, 6.07) is 11.1. The maximum absolute atomic E-state index is 5.73. The number of halogens is 1. The van der Waals surface area contributed by atoms with Gasteiger partial charge in [0.1, 0.15) is 0 Å². The number of rotatable bonds is 1. The van der Waals surface area contributed by atoms with Crippen molar-refractivity contribution in [3.63, 3.8) is 0 Å². The van der Waals surface area contributed by atoms with E-state index in [0.29, 0.717) is 0 Å². The summed E-state index contributed by atoms with van der Waals surface area (Å²) in [4.78, 5) is 0. The normalized spacial score (nSPS) is 9.31. The van der Waals surface area contributed by atoms with Gasteiger partial charge in [-0.15, -0.1) is 6.07 Å². The fraction of sp³-hybridized carbons (Fsp3) is 0. The average Bonchev–Trinajstić information content (AvgIpc) is 2.58. The number of furan rings is 1. The predicted octanol–water partition coefficient (Wildman–Crippen LogP) is 3.40. The summed E-state index contributed by atoms with van der Waals surface area (Å²) in [5.41, 5.74) is 1.01. The summed E-state index contributed by atoms with van der Waals surface area (Å²) >= 11 is 5.73. The molecule has 1 aromatic carbocycles. The van der Waals surface area contributed by atoms with Gasteiger partial charge in [-0.2, -0.15) is 6.07 Å². The molecular formula is C10H6ClOV-. The first-order valence-corrected chi connectivity index (χ1v) is 3.96. The van der Waals surface area contributed by atoms with Gasteiger partial charge in [0, 0.05) is 23.6 Å². The molecule has 13 heavy (non-hydrogen) atoms. The largest absolute Gasteiger partial charge is 0.591 e. The van der Waals surface area contributed by atoms with Crippen molar-refractivity contribution >= 4 is 11.6 Å². The summed E-state index contributed by atoms with van der Waals surface area (Å²) in [5, 5.41) is 0.731. The van der Waals surface area contributed by atoms with Gasteiger partial charge in [0.15, 0.2) is 0 Å². The van der Waals surface area contributed by atoms with E-state index in [-0.39, 0.29) is 18.6 Å². The first-order valence-electron chi connectivity index (χ1n) is 3.58. The van der Waals surface area contributed by atoms with Crippen LogP contribution in [0.25, 0.3) is 11.3 Å². The SMILES string of the molecule is Clc1ccc(-c2cc[c-]o2)cc1.[V]. The molecule has 1 aromatic heterocycles. The third-order valence-electron chi connectivity index (χ3n) is 1.60. The number of hydrogen-bond donors (Lipinski definition) is 0. The molecule has 0 bridgehead atoms. The second-order valence-corrected chi connectivity index (χ2v) is 2.86. The Morgan fingerprint density at radius 2 is 1.77 bits per heavy atom. The third-order valence-corrected chi connectivity index (χ3v) is 1.85. The Hall–Kier alpha value is -0.626. The first kappa shape index (κ1) is 10.5. The molecule has 2 rings (SSSR count). The molecule has 1 nitrogen and oxygen atoms in total. The summed E-state index contributed by atoms with van der Waals surface area (Å²) in [5.74, 6) is 0.812. The van der Waals surface area contributed by atoms with E-state index in [1.54, 1.807) is 6.07 Å². The van der Waals surface area contributed by atoms with E-state index in [4.69, 9.17) is 16.0 Å². The maximum Gasteiger partial charge on any atom is 0.0405 e. The average molecular weight is 229 g/mol. The van der Waals surface area contributed by atoms with Gasteiger partial charge in [-0.05, 0) is 24.2 Å². The molecule has 0 aliphatic rings. The predicted molar refractivity (Wildman–Crippen MR) is 48.0 cm³/mol. The molecule has 0 aliphatic carbocycles. The molecule has 0 unspecified atom stereocenters. The Bertz CT molecular complexity index is 353. The van der Waals surface area contributed by atoms with Gasteiger partial charge >= 0.3 is 0 Å². The molecule has 0 amide bonds. The fourth-order valence-electron chi connectivity index (χ4n) is 1.01. The number of hydrogen-bond acceptors (Lipinski definition) is 1. The van der Waals surface area contributed by atoms with Crippen LogP contribution in [-0.2, 0) is 18.6 Å². The van der Waals surface area contributed by atoms with Crippen molar-refractivity contribution in [3.05, 3.63) is 47.7 Å². The van der Waals surface area contributed by atoms with Gasteiger partial charge in [0.05, 0.1) is 0 Å². The second-order valence-electron chi connectivity index (χ2n) is 2.42. The van der Waals surface area contributed by atoms with Gasteiger partial charge in [-0.1, -0.05) is 29.3 Å². The standard InChI is InChI=1S/C10H6ClO.V/c11-9-5-3-8(4-6-9)10-2-1-7-12-10;/h1-6H;/q-1;. The molecule has 0 N–H and O–H groups in total. The minimum atomic E-state index is 0. The van der Waals surface area contributed by atoms with Crippen LogP contribution in [0, 0.1) is 6.26 Å². The van der Waals surface area contributed by atoms with Gasteiger partial charge in [-0.3, -0.25) is 0 Å². The van der Waals surface area contributed by atoms with E-state index in [1.807, 2.05) is 30.3 Å². The van der Waals surface area contributed by atoms with Crippen LogP contribution in [0.5, 0.6) is 0 Å². The van der Waals surface area contributed by atoms with E-state index >= 15 is 0 Å². The smallest absolute Gasteiger partial charge is 0.0405 e. The van der Waals surface area contributed by atoms with Crippen molar-refractivity contribution in [2.45, 2.75) is 0 Å². The molecule has 1 heterocycles. The molecule has 1 radical (unpaired) electrons. The molecule has 65 valence electrons. The topological polar surface area (TPSA) is 13.1 Å². The molecule has 0 fully saturated rings. The van der Waals surface area contributed by atoms with Crippen LogP contribution in [0.2, 0.25) is 5.02 Å². The first-order chi connectivity index (χ1) is 5.86. The van der Waals surface area contributed by atoms with Crippen molar-refractivity contribution in [3.8, 4) is 11.3 Å². The minimum Gasteiger partial charge on any atom is -0.591 e. The fourth-order valence-corrected chi connectivity index (χ4v) is 1.14. The Labute approximate surface area is 93.6 Å². The zero-order valence-corrected chi connectivity index (χ0v) is 8.85. The van der Waals surface area contributed by atoms with Gasteiger partial charge in [-0.25, -0.2) is 0 Å². The van der Waals surface area contributed by atoms with Crippen LogP contribution in [0.3, 0.4) is 0 Å². The van der Waals surface area contributed by atoms with Crippen molar-refractivity contribution < 1.29 is 23.0 Å². The van der Waals surface area contributed by atoms with Crippen molar-refractivity contribution in [1.82, 2.24) is 0 Å². The van der Waals surface area contributed by atoms with Crippen LogP contribution < -0.4 is 0 Å². The van der Waals surface area contributed by atoms with Crippen molar-refractivity contribution in [1.29, 1.82) is 0 Å². The molecular weight excluding hydrogens is 223 g/mol. The van der Waals surface area contributed by atoms with Crippen LogP contribution in [0.4, 0.5) is 0 Å². The van der Waals surface area contributed by atoms with Crippen LogP contribution in [0.1, 0.15) is 0 Å². The molecule has 3 heteroatoms. The maximum atomic E-state index is 5.73. The Morgan fingerprint density at radius 1 is 1.08 bits per heavy atom. The quantitative estimate of drug-likeness (QED) is 0.682. The van der Waals surface area contributed by atoms with Gasteiger partial charge in [0.25, 0.3) is 0 Å². The van der Waals surface area contributed by atoms with E-state index in [2.05, 4.69) is 6.26 Å². The summed E-state index contributed by atoms with van der Waals surface area (Å²) < 4.78 is 5.09. The monoisotopic (exact) mass is 228 g/mol. The number of benzene rings is 1. The van der Waals surface area contributed by atoms with E-state index in [9.17, 15) is 0 Å². The summed E-state index contributed by atoms with van der Waals surface area (Å²) in [7, 11) is 0. The zero-order chi connectivity index (χ0) is 8.39. The van der Waals surface area contributed by atoms with E-state index in [1.165, 1.54) is 0 Å². The Morgan fingerprint density at radius 3 is 2.31 bits per heavy atom. The van der Waals surface area contributed by atoms with Gasteiger partial charge in [0.2, 0.25) is 0 Å². The van der Waals surface area contributed by atoms with Crippen molar-refractivity contribution in [2.24, 2.45) is 0 Å². The van der Waals surface area contributed by atoms with E-state index < -0.39 is 0 Å². The van der Waals surface area contributed by atoms with Crippen molar-refractivity contribution in [2.75, 3.05) is 0 Å². The summed E-state index contributed by atoms with van der Waals surface area (Å²) in [6.45, 7) is 0. The molecule has 0 atom stereocenters. The molecule has 0 aliphatic heterocycles. The zero-order valence-electron chi connectivity index (χ0n) is 6.70. The minimum absolute atomic E-state index is 0. The summed E-state index contributed by atoms with van der Waals surface area (Å²) in [6.07, 6.45) is 2.63. The molecule has 0 saturated carbocycles. The Kier molecular flexibility index (Phi) is 3.67. The molecule has 2 aromatic rings. The molecule has 0 saturated heterocycles. The van der Waals surface area contributed by atoms with Crippen LogP contribution >= 0.6 is 11.6 Å². The third kappa shape index (κ3) is 2.41. The molecule has 0 spiro atoms. The Balaban J connectivity index is 0.000000845. The van der Waals surface area contributed by atoms with Gasteiger partial charge < -0.3 is 4.42 Å². The van der Waals surface area contributed by atoms with Crippen LogP contribution in [-0.4, -0.2) is 0 Å². The van der Waals surface area contributed by atoms with E-state index in [0.717, 1.165) is 16.3 Å².